The van der Waals surface area contributed by atoms with Crippen LogP contribution in [-0.2, 0) is 10.1 Å². The number of alkyl halides is 3. The Hall–Kier alpha value is -5.32. The minimum Gasteiger partial charge on any atom is -0.374 e. The minimum absolute atomic E-state index is 0.279. The predicted octanol–water partition coefficient (Wildman–Crippen LogP) is 10.8. The number of hydrogen-bond donors (Lipinski definition) is 0. The largest absolute Gasteiger partial charge is 0.534 e. The van der Waals surface area contributed by atoms with E-state index in [-0.39, 0.29) is 10.4 Å². The highest BCUT2D eigenvalue weighted by Crippen LogP contribution is 2.49. The highest BCUT2D eigenvalue weighted by atomic mass is 32.2. The number of rotatable bonds is 6. The third-order valence-corrected chi connectivity index (χ3v) is 10.3. The zero-order valence-electron chi connectivity index (χ0n) is 24.3. The van der Waals surface area contributed by atoms with Crippen molar-refractivity contribution in [1.29, 1.82) is 0 Å². The molecule has 47 heavy (non-hydrogen) atoms. The summed E-state index contributed by atoms with van der Waals surface area (Å²) in [6, 6.07) is 44.2. The van der Waals surface area contributed by atoms with Crippen LogP contribution in [0.5, 0.6) is 5.75 Å². The molecule has 0 saturated heterocycles. The molecule has 232 valence electrons. The number of para-hydroxylation sites is 4. The van der Waals surface area contributed by atoms with Gasteiger partial charge in [0, 0.05) is 43.3 Å². The van der Waals surface area contributed by atoms with Crippen molar-refractivity contribution in [3.8, 4) is 11.4 Å². The molecule has 2 aromatic heterocycles. The number of thiophene rings is 1. The monoisotopic (exact) mass is 664 g/mol. The van der Waals surface area contributed by atoms with Crippen LogP contribution in [0.15, 0.2) is 140 Å². The second-order valence-electron chi connectivity index (χ2n) is 10.9. The Bertz CT molecular complexity index is 2470. The summed E-state index contributed by atoms with van der Waals surface area (Å²) in [6.45, 7) is 0. The van der Waals surface area contributed by atoms with E-state index in [1.165, 1.54) is 17.4 Å². The number of halogens is 3. The fourth-order valence-corrected chi connectivity index (χ4v) is 7.89. The molecule has 0 aliphatic heterocycles. The molecular weight excluding hydrogens is 642 g/mol. The third-order valence-electron chi connectivity index (χ3n) is 8.14. The first-order valence-corrected chi connectivity index (χ1v) is 16.8. The summed E-state index contributed by atoms with van der Waals surface area (Å²) in [7, 11) is -5.92. The van der Waals surface area contributed by atoms with E-state index in [1.54, 1.807) is 6.07 Å². The van der Waals surface area contributed by atoms with Crippen molar-refractivity contribution in [3.63, 3.8) is 0 Å². The van der Waals surface area contributed by atoms with Crippen molar-refractivity contribution in [1.82, 2.24) is 4.57 Å². The lowest BCUT2D eigenvalue weighted by molar-refractivity contribution is -0.0499. The van der Waals surface area contributed by atoms with E-state index in [0.717, 1.165) is 49.0 Å². The van der Waals surface area contributed by atoms with E-state index < -0.39 is 15.6 Å². The molecule has 0 atom stereocenters. The van der Waals surface area contributed by atoms with Gasteiger partial charge in [0.2, 0.25) is 0 Å². The lowest BCUT2D eigenvalue weighted by Gasteiger charge is -2.26. The summed E-state index contributed by atoms with van der Waals surface area (Å²) >= 11 is 1.19. The lowest BCUT2D eigenvalue weighted by atomic mass is 10.1. The fraction of sp³-hybridized carbons (Fsp3) is 0.0270. The van der Waals surface area contributed by atoms with Crippen molar-refractivity contribution >= 4 is 80.5 Å². The molecule has 0 radical (unpaired) electrons. The molecule has 6 aromatic carbocycles. The van der Waals surface area contributed by atoms with Gasteiger partial charge in [0.15, 0.2) is 5.75 Å². The Morgan fingerprint density at radius 1 is 0.638 bits per heavy atom. The number of nitrogens with zero attached hydrogens (tertiary/aromatic N) is 2. The maximum absolute atomic E-state index is 13.5. The van der Waals surface area contributed by atoms with Crippen molar-refractivity contribution in [2.45, 2.75) is 5.51 Å². The molecule has 0 spiro atoms. The van der Waals surface area contributed by atoms with Crippen molar-refractivity contribution in [2.75, 3.05) is 4.90 Å². The predicted molar refractivity (Wildman–Crippen MR) is 184 cm³/mol. The number of anilines is 3. The first-order valence-electron chi connectivity index (χ1n) is 14.6. The summed E-state index contributed by atoms with van der Waals surface area (Å²) < 4.78 is 73.0. The molecule has 8 rings (SSSR count). The topological polar surface area (TPSA) is 51.5 Å². The molecule has 8 aromatic rings. The average Bonchev–Trinajstić information content (AvgIpc) is 3.62. The Morgan fingerprint density at radius 2 is 1.19 bits per heavy atom. The molecule has 0 fully saturated rings. The Morgan fingerprint density at radius 3 is 1.77 bits per heavy atom. The van der Waals surface area contributed by atoms with Crippen molar-refractivity contribution in [2.24, 2.45) is 0 Å². The Balaban J connectivity index is 1.42. The summed E-state index contributed by atoms with van der Waals surface area (Å²) in [5.74, 6) is -0.387. The number of benzene rings is 6. The van der Waals surface area contributed by atoms with Crippen LogP contribution in [0.2, 0.25) is 0 Å². The van der Waals surface area contributed by atoms with Gasteiger partial charge in [-0.2, -0.15) is 21.6 Å². The van der Waals surface area contributed by atoms with Crippen molar-refractivity contribution in [3.05, 3.63) is 140 Å². The van der Waals surface area contributed by atoms with Crippen LogP contribution in [0.4, 0.5) is 30.2 Å². The van der Waals surface area contributed by atoms with Gasteiger partial charge >= 0.3 is 15.6 Å². The summed E-state index contributed by atoms with van der Waals surface area (Å²) in [5.41, 5.74) is -0.417. The normalized spacial score (nSPS) is 12.3. The highest BCUT2D eigenvalue weighted by Gasteiger charge is 2.49. The van der Waals surface area contributed by atoms with Gasteiger partial charge in [-0.1, -0.05) is 78.9 Å². The zero-order valence-corrected chi connectivity index (χ0v) is 26.0. The minimum atomic E-state index is -5.92. The summed E-state index contributed by atoms with van der Waals surface area (Å²) in [4.78, 5) is 2.00. The molecule has 0 aliphatic rings. The standard InChI is InChI=1S/C37H23F3N2O3S2/c38-37(39,40)47(43,44)45-33-22-21-32(41(24-11-3-1-4-12-24)25-13-5-2-6-14-25)35-29-20-19-26(23-34(29)46-36(33)35)42-30-17-9-7-15-27(30)28-16-8-10-18-31(28)42/h1-23H. The van der Waals surface area contributed by atoms with Crippen LogP contribution in [0.3, 0.4) is 0 Å². The van der Waals surface area contributed by atoms with Gasteiger partial charge in [0.05, 0.1) is 21.4 Å². The maximum Gasteiger partial charge on any atom is 0.534 e. The molecular formula is C37H23F3N2O3S2. The zero-order chi connectivity index (χ0) is 32.3. The average molecular weight is 665 g/mol. The third kappa shape index (κ3) is 4.79. The first-order chi connectivity index (χ1) is 22.7. The van der Waals surface area contributed by atoms with Gasteiger partial charge in [-0.25, -0.2) is 0 Å². The second-order valence-corrected chi connectivity index (χ2v) is 13.5. The van der Waals surface area contributed by atoms with Crippen LogP contribution in [-0.4, -0.2) is 18.5 Å². The highest BCUT2D eigenvalue weighted by molar-refractivity contribution is 7.88. The van der Waals surface area contributed by atoms with E-state index in [0.29, 0.717) is 11.1 Å². The number of aromatic nitrogens is 1. The van der Waals surface area contributed by atoms with E-state index in [2.05, 4.69) is 16.7 Å². The maximum atomic E-state index is 13.5. The van der Waals surface area contributed by atoms with Gasteiger partial charge in [-0.3, -0.25) is 0 Å². The van der Waals surface area contributed by atoms with Gasteiger partial charge in [0.1, 0.15) is 0 Å². The summed E-state index contributed by atoms with van der Waals surface area (Å²) in [6.07, 6.45) is 0. The quantitative estimate of drug-likeness (QED) is 0.131. The SMILES string of the molecule is O=S(=O)(Oc1ccc(N(c2ccccc2)c2ccccc2)c2c1sc1cc(-n3c4ccccc4c4ccccc43)ccc12)C(F)(F)F. The molecule has 10 heteroatoms. The first kappa shape index (κ1) is 29.1. The number of hydrogen-bond acceptors (Lipinski definition) is 5. The molecule has 0 bridgehead atoms. The van der Waals surface area contributed by atoms with Gasteiger partial charge in [-0.05, 0) is 60.7 Å². The van der Waals surface area contributed by atoms with Crippen LogP contribution in [0.1, 0.15) is 0 Å². The Labute approximate surface area is 271 Å². The molecule has 5 nitrogen and oxygen atoms in total. The van der Waals surface area contributed by atoms with Crippen LogP contribution in [0, 0.1) is 0 Å². The van der Waals surface area contributed by atoms with Gasteiger partial charge < -0.3 is 13.7 Å². The molecule has 0 N–H and O–H groups in total. The smallest absolute Gasteiger partial charge is 0.374 e. The van der Waals surface area contributed by atoms with Crippen LogP contribution >= 0.6 is 11.3 Å². The fourth-order valence-electron chi connectivity index (χ4n) is 6.17. The molecule has 0 saturated carbocycles. The van der Waals surface area contributed by atoms with E-state index >= 15 is 0 Å². The molecule has 0 amide bonds. The molecule has 2 heterocycles. The van der Waals surface area contributed by atoms with E-state index in [9.17, 15) is 21.6 Å². The summed E-state index contributed by atoms with van der Waals surface area (Å²) in [5, 5.41) is 3.50. The number of fused-ring (bicyclic) bond motifs is 6. The second kappa shape index (κ2) is 10.9. The van der Waals surface area contributed by atoms with Gasteiger partial charge in [-0.15, -0.1) is 11.3 Å². The van der Waals surface area contributed by atoms with Crippen LogP contribution < -0.4 is 9.08 Å². The van der Waals surface area contributed by atoms with E-state index in [1.807, 2.05) is 120 Å². The Kier molecular flexibility index (Phi) is 6.75. The van der Waals surface area contributed by atoms with Gasteiger partial charge in [0.25, 0.3) is 0 Å². The van der Waals surface area contributed by atoms with E-state index in [4.69, 9.17) is 4.18 Å². The lowest BCUT2D eigenvalue weighted by Crippen LogP contribution is -2.28. The molecule has 0 aliphatic carbocycles. The van der Waals surface area contributed by atoms with Crippen LogP contribution in [0.25, 0.3) is 47.7 Å². The molecule has 0 unspecified atom stereocenters. The van der Waals surface area contributed by atoms with Crippen molar-refractivity contribution < 1.29 is 25.8 Å².